The lowest BCUT2D eigenvalue weighted by molar-refractivity contribution is 1.16. The van der Waals surface area contributed by atoms with E-state index in [4.69, 9.17) is 0 Å². The maximum absolute atomic E-state index is 4.31. The number of aryl methyl sites for hydroxylation is 1. The fourth-order valence-corrected chi connectivity index (χ4v) is 2.39. The van der Waals surface area contributed by atoms with Crippen molar-refractivity contribution in [2.24, 2.45) is 0 Å². The van der Waals surface area contributed by atoms with Crippen LogP contribution in [0, 0.1) is 0 Å². The third-order valence-electron chi connectivity index (χ3n) is 2.82. The van der Waals surface area contributed by atoms with Gasteiger partial charge in [0.2, 0.25) is 0 Å². The van der Waals surface area contributed by atoms with Crippen LogP contribution in [0.5, 0.6) is 0 Å². The van der Waals surface area contributed by atoms with E-state index in [0.29, 0.717) is 0 Å². The summed E-state index contributed by atoms with van der Waals surface area (Å²) in [6.45, 7) is 6.17. The number of benzene rings is 2. The van der Waals surface area contributed by atoms with Gasteiger partial charge in [-0.15, -0.1) is 0 Å². The number of fused-ring (bicyclic) bond motifs is 1. The van der Waals surface area contributed by atoms with Gasteiger partial charge < -0.3 is 0 Å². The first-order valence-corrected chi connectivity index (χ1v) is 6.14. The second-order valence-electron chi connectivity index (χ2n) is 4.07. The Kier molecular flexibility index (Phi) is 3.35. The Morgan fingerprint density at radius 3 is 2.62 bits per heavy atom. The van der Waals surface area contributed by atoms with Gasteiger partial charge in [-0.25, -0.2) is 0 Å². The molecule has 0 heterocycles. The number of allylic oxidation sites excluding steroid dienone is 1. The second kappa shape index (κ2) is 4.75. The monoisotopic (exact) mass is 228 g/mol. The summed E-state index contributed by atoms with van der Waals surface area (Å²) in [5.74, 6) is 0.874. The predicted octanol–water partition coefficient (Wildman–Crippen LogP) is 4.35. The topological polar surface area (TPSA) is 0 Å². The average Bonchev–Trinajstić information content (AvgIpc) is 2.28. The summed E-state index contributed by atoms with van der Waals surface area (Å²) in [6, 6.07) is 12.8. The highest BCUT2D eigenvalue weighted by Crippen LogP contribution is 2.28. The summed E-state index contributed by atoms with van der Waals surface area (Å²) in [7, 11) is 0. The van der Waals surface area contributed by atoms with Crippen LogP contribution in [0.3, 0.4) is 0 Å². The number of hydrogen-bond acceptors (Lipinski definition) is 1. The fourth-order valence-electron chi connectivity index (χ4n) is 2.15. The Bertz CT molecular complexity index is 526. The Hall–Kier alpha value is -1.21. The van der Waals surface area contributed by atoms with Crippen molar-refractivity contribution in [3.05, 3.63) is 54.1 Å². The largest absolute Gasteiger partial charge is 0.179 e. The third-order valence-corrected chi connectivity index (χ3v) is 3.05. The molecule has 0 aliphatic rings. The van der Waals surface area contributed by atoms with Gasteiger partial charge >= 0.3 is 0 Å². The van der Waals surface area contributed by atoms with Crippen molar-refractivity contribution in [1.82, 2.24) is 0 Å². The molecule has 0 aliphatic carbocycles. The van der Waals surface area contributed by atoms with Crippen molar-refractivity contribution >= 4 is 29.0 Å². The third kappa shape index (κ3) is 2.00. The van der Waals surface area contributed by atoms with Crippen molar-refractivity contribution in [1.29, 1.82) is 0 Å². The SMILES string of the molecule is C=C(C)c1c(CCS)ccc2ccccc12. The zero-order valence-corrected chi connectivity index (χ0v) is 10.4. The first-order valence-electron chi connectivity index (χ1n) is 5.51. The Balaban J connectivity index is 2.73. The molecular weight excluding hydrogens is 212 g/mol. The molecule has 2 aromatic rings. The minimum absolute atomic E-state index is 0.874. The molecule has 0 atom stereocenters. The second-order valence-corrected chi connectivity index (χ2v) is 4.52. The van der Waals surface area contributed by atoms with Gasteiger partial charge in [-0.2, -0.15) is 12.6 Å². The molecule has 82 valence electrons. The first kappa shape index (κ1) is 11.3. The van der Waals surface area contributed by atoms with E-state index >= 15 is 0 Å². The minimum atomic E-state index is 0.874. The molecule has 0 spiro atoms. The summed E-state index contributed by atoms with van der Waals surface area (Å²) in [5, 5.41) is 2.58. The van der Waals surface area contributed by atoms with E-state index < -0.39 is 0 Å². The van der Waals surface area contributed by atoms with E-state index in [0.717, 1.165) is 17.7 Å². The van der Waals surface area contributed by atoms with Crippen molar-refractivity contribution in [3.8, 4) is 0 Å². The number of rotatable bonds is 3. The lowest BCUT2D eigenvalue weighted by Crippen LogP contribution is -1.94. The standard InChI is InChI=1S/C15H16S/c1-11(2)15-13(9-10-16)8-7-12-5-3-4-6-14(12)15/h3-8,16H,1,9-10H2,2H3. The van der Waals surface area contributed by atoms with E-state index in [1.807, 2.05) is 0 Å². The molecule has 0 N–H and O–H groups in total. The van der Waals surface area contributed by atoms with Crippen LogP contribution in [-0.4, -0.2) is 5.75 Å². The molecule has 1 heteroatoms. The first-order chi connectivity index (χ1) is 7.74. The van der Waals surface area contributed by atoms with Crippen LogP contribution in [0.25, 0.3) is 16.3 Å². The van der Waals surface area contributed by atoms with Gasteiger partial charge in [0.25, 0.3) is 0 Å². The van der Waals surface area contributed by atoms with E-state index in [2.05, 4.69) is 62.5 Å². The number of thiol groups is 1. The Labute approximate surface area is 102 Å². The fraction of sp³-hybridized carbons (Fsp3) is 0.200. The maximum atomic E-state index is 4.31. The van der Waals surface area contributed by atoms with Crippen LogP contribution in [0.4, 0.5) is 0 Å². The maximum Gasteiger partial charge on any atom is -0.00571 e. The molecular formula is C15H16S. The van der Waals surface area contributed by atoms with Gasteiger partial charge in [0.15, 0.2) is 0 Å². The molecule has 0 bridgehead atoms. The lowest BCUT2D eigenvalue weighted by Gasteiger charge is -2.12. The van der Waals surface area contributed by atoms with Crippen molar-refractivity contribution in [2.45, 2.75) is 13.3 Å². The zero-order chi connectivity index (χ0) is 11.5. The highest BCUT2D eigenvalue weighted by atomic mass is 32.1. The van der Waals surface area contributed by atoms with Crippen LogP contribution in [0.2, 0.25) is 0 Å². The van der Waals surface area contributed by atoms with Gasteiger partial charge in [-0.1, -0.05) is 48.6 Å². The predicted molar refractivity (Wildman–Crippen MR) is 76.2 cm³/mol. The Morgan fingerprint density at radius 1 is 1.19 bits per heavy atom. The average molecular weight is 228 g/mol. The van der Waals surface area contributed by atoms with Crippen LogP contribution in [-0.2, 0) is 6.42 Å². The van der Waals surface area contributed by atoms with E-state index in [9.17, 15) is 0 Å². The van der Waals surface area contributed by atoms with Gasteiger partial charge in [0, 0.05) is 0 Å². The molecule has 0 unspecified atom stereocenters. The molecule has 0 nitrogen and oxygen atoms in total. The summed E-state index contributed by atoms with van der Waals surface area (Å²) < 4.78 is 0. The summed E-state index contributed by atoms with van der Waals surface area (Å²) in [4.78, 5) is 0. The molecule has 0 radical (unpaired) electrons. The minimum Gasteiger partial charge on any atom is -0.179 e. The molecule has 0 aliphatic heterocycles. The molecule has 0 saturated carbocycles. The van der Waals surface area contributed by atoms with Crippen molar-refractivity contribution in [3.63, 3.8) is 0 Å². The molecule has 0 saturated heterocycles. The molecule has 0 fully saturated rings. The van der Waals surface area contributed by atoms with Crippen LogP contribution in [0.1, 0.15) is 18.1 Å². The van der Waals surface area contributed by atoms with Gasteiger partial charge in [0.1, 0.15) is 0 Å². The van der Waals surface area contributed by atoms with Gasteiger partial charge in [-0.05, 0) is 41.0 Å². The van der Waals surface area contributed by atoms with Crippen molar-refractivity contribution < 1.29 is 0 Å². The highest BCUT2D eigenvalue weighted by molar-refractivity contribution is 7.80. The quantitative estimate of drug-likeness (QED) is 0.742. The number of hydrogen-bond donors (Lipinski definition) is 1. The molecule has 2 aromatic carbocycles. The summed E-state index contributed by atoms with van der Waals surface area (Å²) in [6.07, 6.45) is 0.996. The van der Waals surface area contributed by atoms with Crippen LogP contribution < -0.4 is 0 Å². The van der Waals surface area contributed by atoms with Crippen molar-refractivity contribution in [2.75, 3.05) is 5.75 Å². The van der Waals surface area contributed by atoms with Crippen LogP contribution in [0.15, 0.2) is 43.0 Å². The summed E-state index contributed by atoms with van der Waals surface area (Å²) in [5.41, 5.74) is 3.78. The molecule has 2 rings (SSSR count). The van der Waals surface area contributed by atoms with Gasteiger partial charge in [-0.3, -0.25) is 0 Å². The smallest absolute Gasteiger partial charge is 0.00571 e. The molecule has 16 heavy (non-hydrogen) atoms. The lowest BCUT2D eigenvalue weighted by atomic mass is 9.93. The van der Waals surface area contributed by atoms with E-state index in [1.54, 1.807) is 0 Å². The molecule has 0 aromatic heterocycles. The zero-order valence-electron chi connectivity index (χ0n) is 9.53. The van der Waals surface area contributed by atoms with E-state index in [1.165, 1.54) is 21.9 Å². The Morgan fingerprint density at radius 2 is 1.94 bits per heavy atom. The van der Waals surface area contributed by atoms with E-state index in [-0.39, 0.29) is 0 Å². The highest BCUT2D eigenvalue weighted by Gasteiger charge is 2.07. The summed E-state index contributed by atoms with van der Waals surface area (Å²) >= 11 is 4.31. The molecule has 0 amide bonds. The normalized spacial score (nSPS) is 10.6. The van der Waals surface area contributed by atoms with Crippen LogP contribution >= 0.6 is 12.6 Å². The van der Waals surface area contributed by atoms with Gasteiger partial charge in [0.05, 0.1) is 0 Å².